The van der Waals surface area contributed by atoms with Crippen molar-refractivity contribution in [1.29, 1.82) is 0 Å². The van der Waals surface area contributed by atoms with Gasteiger partial charge in [0.2, 0.25) is 5.95 Å². The van der Waals surface area contributed by atoms with Crippen LogP contribution in [-0.2, 0) is 16.5 Å². The summed E-state index contributed by atoms with van der Waals surface area (Å²) >= 11 is 0. The monoisotopic (exact) mass is 389 g/mol. The second-order valence-corrected chi connectivity index (χ2v) is 7.25. The van der Waals surface area contributed by atoms with Crippen LogP contribution in [0.25, 0.3) is 0 Å². The highest BCUT2D eigenvalue weighted by Crippen LogP contribution is 2.24. The predicted octanol–water partition coefficient (Wildman–Crippen LogP) is 2.48. The van der Waals surface area contributed by atoms with Crippen molar-refractivity contribution in [2.45, 2.75) is 18.2 Å². The summed E-state index contributed by atoms with van der Waals surface area (Å²) in [4.78, 5) is 11.0. The molecule has 0 fully saturated rings. The van der Waals surface area contributed by atoms with Gasteiger partial charge < -0.3 is 11.1 Å². The molecule has 10 heteroatoms. The Balaban J connectivity index is 1.84. The second kappa shape index (κ2) is 7.25. The number of hydrogen-bond acceptors (Lipinski definition) is 7. The molecule has 0 unspecified atom stereocenters. The Hall–Kier alpha value is -3.11. The van der Waals surface area contributed by atoms with Gasteiger partial charge >= 0.3 is 6.08 Å². The molecule has 140 valence electrons. The summed E-state index contributed by atoms with van der Waals surface area (Å²) in [5.74, 6) is 0.181. The number of nitrogens with one attached hydrogen (secondary N) is 1. The van der Waals surface area contributed by atoms with Crippen LogP contribution in [0.2, 0.25) is 0 Å². The van der Waals surface area contributed by atoms with Crippen LogP contribution >= 0.6 is 0 Å². The van der Waals surface area contributed by atoms with Crippen molar-refractivity contribution in [3.8, 4) is 0 Å². The van der Waals surface area contributed by atoms with Gasteiger partial charge in [0, 0.05) is 12.1 Å². The Morgan fingerprint density at radius 1 is 1.11 bits per heavy atom. The molecular weight excluding hydrogens is 373 g/mol. The molecule has 0 atom stereocenters. The molecule has 3 rings (SSSR count). The van der Waals surface area contributed by atoms with E-state index >= 15 is 0 Å². The molecule has 0 aliphatic carbocycles. The van der Waals surface area contributed by atoms with Gasteiger partial charge in [-0.3, -0.25) is 4.55 Å². The predicted molar refractivity (Wildman–Crippen MR) is 97.7 cm³/mol. The zero-order valence-corrected chi connectivity index (χ0v) is 15.0. The third-order valence-electron chi connectivity index (χ3n) is 3.68. The standard InChI is InChI=1S/C17H16FN5O3S/c1-10-2-4-11(5-3-10)8-15-21-16(18)23-17(22-15)20-12-6-7-14(13(19)9-12)27(24,25)26/h2-7,9H,8,19H2,1H3,(H,24,25,26)(H,20,21,22,23). The summed E-state index contributed by atoms with van der Waals surface area (Å²) in [7, 11) is -4.43. The highest BCUT2D eigenvalue weighted by molar-refractivity contribution is 7.86. The summed E-state index contributed by atoms with van der Waals surface area (Å²) in [5.41, 5.74) is 7.81. The number of hydrogen-bond donors (Lipinski definition) is 3. The molecule has 0 saturated heterocycles. The highest BCUT2D eigenvalue weighted by atomic mass is 32.2. The van der Waals surface area contributed by atoms with E-state index in [0.717, 1.165) is 17.2 Å². The molecule has 4 N–H and O–H groups in total. The molecule has 0 radical (unpaired) electrons. The van der Waals surface area contributed by atoms with Crippen molar-refractivity contribution in [1.82, 2.24) is 15.0 Å². The highest BCUT2D eigenvalue weighted by Gasteiger charge is 2.14. The minimum atomic E-state index is -4.43. The van der Waals surface area contributed by atoms with Crippen molar-refractivity contribution >= 4 is 27.4 Å². The molecule has 1 heterocycles. The van der Waals surface area contributed by atoms with Gasteiger partial charge in [-0.05, 0) is 30.7 Å². The van der Waals surface area contributed by atoms with Crippen LogP contribution in [-0.4, -0.2) is 27.9 Å². The molecule has 27 heavy (non-hydrogen) atoms. The van der Waals surface area contributed by atoms with Crippen molar-refractivity contribution in [2.24, 2.45) is 0 Å². The van der Waals surface area contributed by atoms with Crippen LogP contribution in [0.4, 0.5) is 21.7 Å². The molecule has 0 amide bonds. The lowest BCUT2D eigenvalue weighted by molar-refractivity contribution is 0.483. The zero-order valence-electron chi connectivity index (χ0n) is 14.2. The van der Waals surface area contributed by atoms with Gasteiger partial charge in [0.05, 0.1) is 5.69 Å². The van der Waals surface area contributed by atoms with Crippen LogP contribution in [0.1, 0.15) is 17.0 Å². The first-order valence-corrected chi connectivity index (χ1v) is 9.25. The largest absolute Gasteiger partial charge is 0.398 e. The maximum atomic E-state index is 13.8. The van der Waals surface area contributed by atoms with E-state index in [1.54, 1.807) is 0 Å². The van der Waals surface area contributed by atoms with Crippen molar-refractivity contribution in [3.63, 3.8) is 0 Å². The zero-order chi connectivity index (χ0) is 19.6. The number of nitrogens with zero attached hydrogens (tertiary/aromatic N) is 3. The minimum absolute atomic E-state index is 0.0522. The topological polar surface area (TPSA) is 131 Å². The molecule has 0 aliphatic rings. The van der Waals surface area contributed by atoms with E-state index in [0.29, 0.717) is 12.1 Å². The van der Waals surface area contributed by atoms with Crippen LogP contribution in [0, 0.1) is 13.0 Å². The first kappa shape index (κ1) is 18.7. The maximum Gasteiger partial charge on any atom is 0.313 e. The van der Waals surface area contributed by atoms with Crippen LogP contribution in [0.5, 0.6) is 0 Å². The summed E-state index contributed by atoms with van der Waals surface area (Å²) < 4.78 is 45.2. The number of rotatable bonds is 5. The summed E-state index contributed by atoms with van der Waals surface area (Å²) in [6.45, 7) is 1.97. The van der Waals surface area contributed by atoms with Crippen LogP contribution in [0.15, 0.2) is 47.4 Å². The quantitative estimate of drug-likeness (QED) is 0.448. The molecule has 0 aliphatic heterocycles. The Morgan fingerprint density at radius 2 is 1.81 bits per heavy atom. The van der Waals surface area contributed by atoms with E-state index < -0.39 is 21.1 Å². The van der Waals surface area contributed by atoms with E-state index in [4.69, 9.17) is 10.3 Å². The molecule has 2 aromatic carbocycles. The fourth-order valence-corrected chi connectivity index (χ4v) is 3.00. The fraction of sp³-hybridized carbons (Fsp3) is 0.118. The Morgan fingerprint density at radius 3 is 2.44 bits per heavy atom. The van der Waals surface area contributed by atoms with E-state index in [9.17, 15) is 12.8 Å². The van der Waals surface area contributed by atoms with Gasteiger partial charge in [0.25, 0.3) is 10.1 Å². The van der Waals surface area contributed by atoms with Gasteiger partial charge in [-0.2, -0.15) is 27.8 Å². The number of nitrogens with two attached hydrogens (primary N) is 1. The third kappa shape index (κ3) is 4.74. The van der Waals surface area contributed by atoms with Gasteiger partial charge in [-0.1, -0.05) is 29.8 Å². The molecule has 3 aromatic rings. The lowest BCUT2D eigenvalue weighted by Gasteiger charge is -2.09. The van der Waals surface area contributed by atoms with Crippen molar-refractivity contribution in [3.05, 3.63) is 65.5 Å². The van der Waals surface area contributed by atoms with E-state index in [1.807, 2.05) is 31.2 Å². The lowest BCUT2D eigenvalue weighted by Crippen LogP contribution is -2.08. The Labute approximate surface area is 155 Å². The van der Waals surface area contributed by atoms with Crippen LogP contribution in [0.3, 0.4) is 0 Å². The normalized spacial score (nSPS) is 11.4. The van der Waals surface area contributed by atoms with Gasteiger partial charge in [-0.15, -0.1) is 0 Å². The first-order valence-electron chi connectivity index (χ1n) is 7.81. The molecule has 0 saturated carbocycles. The van der Waals surface area contributed by atoms with Crippen molar-refractivity contribution in [2.75, 3.05) is 11.1 Å². The van der Waals surface area contributed by atoms with E-state index in [-0.39, 0.29) is 17.5 Å². The fourth-order valence-electron chi connectivity index (χ4n) is 2.40. The third-order valence-corrected chi connectivity index (χ3v) is 4.61. The number of anilines is 3. The van der Waals surface area contributed by atoms with E-state index in [1.165, 1.54) is 12.1 Å². The first-order chi connectivity index (χ1) is 12.7. The average molecular weight is 389 g/mol. The van der Waals surface area contributed by atoms with Gasteiger partial charge in [0.15, 0.2) is 0 Å². The molecule has 8 nitrogen and oxygen atoms in total. The number of benzene rings is 2. The maximum absolute atomic E-state index is 13.8. The van der Waals surface area contributed by atoms with Gasteiger partial charge in [0.1, 0.15) is 10.7 Å². The van der Waals surface area contributed by atoms with Crippen molar-refractivity contribution < 1.29 is 17.4 Å². The number of aryl methyl sites for hydroxylation is 1. The average Bonchev–Trinajstić information content (AvgIpc) is 2.55. The minimum Gasteiger partial charge on any atom is -0.398 e. The lowest BCUT2D eigenvalue weighted by atomic mass is 10.1. The number of aromatic nitrogens is 3. The summed E-state index contributed by atoms with van der Waals surface area (Å²) in [6.07, 6.45) is -0.629. The molecular formula is C17H16FN5O3S. The summed E-state index contributed by atoms with van der Waals surface area (Å²) in [6, 6.07) is 11.4. The number of nitrogen functional groups attached to an aromatic ring is 1. The van der Waals surface area contributed by atoms with Crippen LogP contribution < -0.4 is 11.1 Å². The molecule has 1 aromatic heterocycles. The summed E-state index contributed by atoms with van der Waals surface area (Å²) in [5, 5.41) is 2.74. The van der Waals surface area contributed by atoms with E-state index in [2.05, 4.69) is 20.3 Å². The smallest absolute Gasteiger partial charge is 0.313 e. The molecule has 0 bridgehead atoms. The van der Waals surface area contributed by atoms with Gasteiger partial charge in [-0.25, -0.2) is 0 Å². The number of halogens is 1. The Bertz CT molecular complexity index is 1090. The Kier molecular flexibility index (Phi) is 5.02. The SMILES string of the molecule is Cc1ccc(Cc2nc(F)nc(Nc3ccc(S(=O)(=O)O)c(N)c3)n2)cc1. The second-order valence-electron chi connectivity index (χ2n) is 5.86. The molecule has 0 spiro atoms.